The van der Waals surface area contributed by atoms with Crippen LogP contribution >= 0.6 is 11.3 Å². The van der Waals surface area contributed by atoms with E-state index in [9.17, 15) is 0 Å². The Labute approximate surface area is 119 Å². The highest BCUT2D eigenvalue weighted by Gasteiger charge is 2.04. The van der Waals surface area contributed by atoms with Crippen LogP contribution in [0.15, 0.2) is 36.4 Å². The summed E-state index contributed by atoms with van der Waals surface area (Å²) in [5.74, 6) is 0.915. The highest BCUT2D eigenvalue weighted by atomic mass is 32.1. The number of nitrogens with one attached hydrogen (secondary N) is 1. The van der Waals surface area contributed by atoms with Crippen LogP contribution in [0.1, 0.15) is 22.2 Å². The monoisotopic (exact) mass is 275 g/mol. The Kier molecular flexibility index (Phi) is 5.00. The molecule has 0 saturated heterocycles. The lowest BCUT2D eigenvalue weighted by molar-refractivity contribution is 0.414. The average Bonchev–Trinajstić information content (AvgIpc) is 2.83. The number of ether oxygens (including phenoxy) is 1. The van der Waals surface area contributed by atoms with Crippen LogP contribution in [0.25, 0.3) is 0 Å². The second-order valence-electron chi connectivity index (χ2n) is 4.85. The van der Waals surface area contributed by atoms with Gasteiger partial charge in [0.05, 0.1) is 7.11 Å². The van der Waals surface area contributed by atoms with Crippen molar-refractivity contribution in [1.82, 2.24) is 5.32 Å². The smallest absolute Gasteiger partial charge is 0.118 e. The molecule has 0 aliphatic heterocycles. The molecule has 1 atom stereocenters. The minimum atomic E-state index is 0.468. The molecule has 0 aliphatic rings. The molecule has 1 aromatic carbocycles. The molecule has 19 heavy (non-hydrogen) atoms. The van der Waals surface area contributed by atoms with Gasteiger partial charge in [0.15, 0.2) is 0 Å². The van der Waals surface area contributed by atoms with Gasteiger partial charge in [0.25, 0.3) is 0 Å². The van der Waals surface area contributed by atoms with E-state index < -0.39 is 0 Å². The zero-order valence-electron chi connectivity index (χ0n) is 11.8. The first-order chi connectivity index (χ1) is 9.17. The Bertz CT molecular complexity index is 504. The van der Waals surface area contributed by atoms with Crippen LogP contribution in [0.4, 0.5) is 0 Å². The lowest BCUT2D eigenvalue weighted by atomic mass is 10.1. The topological polar surface area (TPSA) is 21.3 Å². The summed E-state index contributed by atoms with van der Waals surface area (Å²) in [6.07, 6.45) is 1.04. The minimum Gasteiger partial charge on any atom is -0.497 e. The largest absolute Gasteiger partial charge is 0.497 e. The van der Waals surface area contributed by atoms with Gasteiger partial charge in [-0.1, -0.05) is 12.1 Å². The quantitative estimate of drug-likeness (QED) is 0.866. The van der Waals surface area contributed by atoms with Crippen LogP contribution in [0.5, 0.6) is 5.75 Å². The maximum absolute atomic E-state index is 5.17. The van der Waals surface area contributed by atoms with E-state index in [2.05, 4.69) is 43.4 Å². The summed E-state index contributed by atoms with van der Waals surface area (Å²) in [6, 6.07) is 13.1. The highest BCUT2D eigenvalue weighted by Crippen LogP contribution is 2.16. The third kappa shape index (κ3) is 4.37. The molecule has 0 aliphatic carbocycles. The molecule has 0 spiro atoms. The van der Waals surface area contributed by atoms with Crippen molar-refractivity contribution in [2.45, 2.75) is 32.9 Å². The van der Waals surface area contributed by atoms with Gasteiger partial charge in [-0.05, 0) is 50.1 Å². The fourth-order valence-electron chi connectivity index (χ4n) is 2.04. The number of rotatable bonds is 6. The van der Waals surface area contributed by atoms with E-state index in [1.807, 2.05) is 23.5 Å². The predicted octanol–water partition coefficient (Wildman–Crippen LogP) is 3.79. The Balaban J connectivity index is 1.81. The van der Waals surface area contributed by atoms with Gasteiger partial charge in [-0.3, -0.25) is 0 Å². The fraction of sp³-hybridized carbons (Fsp3) is 0.375. The van der Waals surface area contributed by atoms with E-state index in [0.29, 0.717) is 6.04 Å². The maximum Gasteiger partial charge on any atom is 0.118 e. The molecule has 102 valence electrons. The number of hydrogen-bond acceptors (Lipinski definition) is 3. The van der Waals surface area contributed by atoms with Gasteiger partial charge in [-0.25, -0.2) is 0 Å². The standard InChI is InChI=1S/C16H21NOS/c1-12(17-11-16-9-4-13(2)19-16)10-14-5-7-15(18-3)8-6-14/h4-9,12,17H,10-11H2,1-3H3. The lowest BCUT2D eigenvalue weighted by Gasteiger charge is -2.13. The van der Waals surface area contributed by atoms with E-state index in [1.54, 1.807) is 7.11 Å². The van der Waals surface area contributed by atoms with E-state index in [-0.39, 0.29) is 0 Å². The summed E-state index contributed by atoms with van der Waals surface area (Å²) < 4.78 is 5.17. The summed E-state index contributed by atoms with van der Waals surface area (Å²) in [5, 5.41) is 3.57. The van der Waals surface area contributed by atoms with Crippen LogP contribution < -0.4 is 10.1 Å². The second kappa shape index (κ2) is 6.73. The fourth-order valence-corrected chi connectivity index (χ4v) is 2.88. The Hall–Kier alpha value is -1.32. The third-order valence-corrected chi connectivity index (χ3v) is 4.12. The van der Waals surface area contributed by atoms with Crippen LogP contribution in [0, 0.1) is 6.92 Å². The van der Waals surface area contributed by atoms with Crippen molar-refractivity contribution in [1.29, 1.82) is 0 Å². The first-order valence-corrected chi connectivity index (χ1v) is 7.40. The summed E-state index contributed by atoms with van der Waals surface area (Å²) in [6.45, 7) is 5.33. The number of benzene rings is 1. The van der Waals surface area contributed by atoms with Gasteiger partial charge in [0.1, 0.15) is 5.75 Å². The average molecular weight is 275 g/mol. The van der Waals surface area contributed by atoms with E-state index >= 15 is 0 Å². The molecule has 0 saturated carbocycles. The van der Waals surface area contributed by atoms with Gasteiger partial charge in [0.2, 0.25) is 0 Å². The summed E-state index contributed by atoms with van der Waals surface area (Å²) in [7, 11) is 1.70. The van der Waals surface area contributed by atoms with Crippen molar-refractivity contribution < 1.29 is 4.74 Å². The molecule has 3 heteroatoms. The molecular weight excluding hydrogens is 254 g/mol. The third-order valence-electron chi connectivity index (χ3n) is 3.12. The van der Waals surface area contributed by atoms with Crippen LogP contribution in [-0.4, -0.2) is 13.2 Å². The Morgan fingerprint density at radius 3 is 2.47 bits per heavy atom. The predicted molar refractivity (Wildman–Crippen MR) is 82.1 cm³/mol. The molecule has 1 heterocycles. The van der Waals surface area contributed by atoms with Crippen LogP contribution in [0.2, 0.25) is 0 Å². The van der Waals surface area contributed by atoms with Gasteiger partial charge >= 0.3 is 0 Å². The Morgan fingerprint density at radius 2 is 1.89 bits per heavy atom. The first-order valence-electron chi connectivity index (χ1n) is 6.59. The van der Waals surface area contributed by atoms with Crippen molar-refractivity contribution in [3.05, 3.63) is 51.7 Å². The molecule has 1 unspecified atom stereocenters. The van der Waals surface area contributed by atoms with Crippen LogP contribution in [0.3, 0.4) is 0 Å². The number of thiophene rings is 1. The number of methoxy groups -OCH3 is 1. The summed E-state index contributed by atoms with van der Waals surface area (Å²) in [5.41, 5.74) is 1.34. The zero-order valence-corrected chi connectivity index (χ0v) is 12.6. The number of hydrogen-bond donors (Lipinski definition) is 1. The van der Waals surface area contributed by atoms with Crippen molar-refractivity contribution in [3.63, 3.8) is 0 Å². The summed E-state index contributed by atoms with van der Waals surface area (Å²) >= 11 is 1.86. The van der Waals surface area contributed by atoms with Crippen molar-refractivity contribution in [2.24, 2.45) is 0 Å². The van der Waals surface area contributed by atoms with Crippen LogP contribution in [-0.2, 0) is 13.0 Å². The van der Waals surface area contributed by atoms with Crippen molar-refractivity contribution in [2.75, 3.05) is 7.11 Å². The van der Waals surface area contributed by atoms with Gasteiger partial charge in [-0.15, -0.1) is 11.3 Å². The highest BCUT2D eigenvalue weighted by molar-refractivity contribution is 7.11. The van der Waals surface area contributed by atoms with Gasteiger partial charge in [0, 0.05) is 22.3 Å². The molecule has 0 radical (unpaired) electrons. The van der Waals surface area contributed by atoms with E-state index in [1.165, 1.54) is 15.3 Å². The maximum atomic E-state index is 5.17. The molecule has 2 rings (SSSR count). The Morgan fingerprint density at radius 1 is 1.16 bits per heavy atom. The molecule has 0 amide bonds. The molecule has 2 aromatic rings. The second-order valence-corrected chi connectivity index (χ2v) is 6.22. The molecule has 0 fully saturated rings. The molecular formula is C16H21NOS. The zero-order chi connectivity index (χ0) is 13.7. The minimum absolute atomic E-state index is 0.468. The normalized spacial score (nSPS) is 12.4. The molecule has 1 N–H and O–H groups in total. The summed E-state index contributed by atoms with van der Waals surface area (Å²) in [4.78, 5) is 2.78. The SMILES string of the molecule is COc1ccc(CC(C)NCc2ccc(C)s2)cc1. The van der Waals surface area contributed by atoms with Gasteiger partial charge < -0.3 is 10.1 Å². The van der Waals surface area contributed by atoms with Gasteiger partial charge in [-0.2, -0.15) is 0 Å². The lowest BCUT2D eigenvalue weighted by Crippen LogP contribution is -2.27. The van der Waals surface area contributed by atoms with E-state index in [0.717, 1.165) is 18.7 Å². The first kappa shape index (κ1) is 14.1. The molecule has 2 nitrogen and oxygen atoms in total. The molecule has 0 bridgehead atoms. The molecule has 1 aromatic heterocycles. The van der Waals surface area contributed by atoms with Crippen molar-refractivity contribution in [3.8, 4) is 5.75 Å². The van der Waals surface area contributed by atoms with Crippen molar-refractivity contribution >= 4 is 11.3 Å². The number of aryl methyl sites for hydroxylation is 1. The van der Waals surface area contributed by atoms with E-state index in [4.69, 9.17) is 4.74 Å².